The highest BCUT2D eigenvalue weighted by atomic mass is 35.5. The number of fused-ring (bicyclic) bond motifs is 1. The Labute approximate surface area is 118 Å². The van der Waals surface area contributed by atoms with Crippen molar-refractivity contribution in [3.05, 3.63) is 35.4 Å². The predicted molar refractivity (Wildman–Crippen MR) is 74.4 cm³/mol. The minimum absolute atomic E-state index is 0.225. The zero-order valence-corrected chi connectivity index (χ0v) is 12.2. The number of carbonyl (C=O) groups is 1. The van der Waals surface area contributed by atoms with Crippen LogP contribution in [0.2, 0.25) is 0 Å². The summed E-state index contributed by atoms with van der Waals surface area (Å²) in [6, 6.07) is 7.81. The van der Waals surface area contributed by atoms with Gasteiger partial charge < -0.3 is 0 Å². The van der Waals surface area contributed by atoms with Crippen molar-refractivity contribution in [2.24, 2.45) is 5.92 Å². The van der Waals surface area contributed by atoms with Crippen LogP contribution in [0.5, 0.6) is 0 Å². The Morgan fingerprint density at radius 2 is 2.00 bits per heavy atom. The molecule has 0 spiro atoms. The second kappa shape index (κ2) is 5.61. The second-order valence-electron chi connectivity index (χ2n) is 4.84. The third-order valence-electron chi connectivity index (χ3n) is 3.34. The number of sulfonamides is 1. The number of carbonyl (C=O) groups excluding carboxylic acids is 1. The molecule has 0 saturated heterocycles. The molecule has 1 heterocycles. The van der Waals surface area contributed by atoms with Crippen molar-refractivity contribution in [2.75, 3.05) is 12.3 Å². The molecule has 6 heteroatoms. The molecule has 0 aliphatic carbocycles. The van der Waals surface area contributed by atoms with Gasteiger partial charge in [-0.2, -0.15) is 4.31 Å². The first-order chi connectivity index (χ1) is 8.90. The first-order valence-corrected chi connectivity index (χ1v) is 8.13. The molecule has 1 aromatic rings. The van der Waals surface area contributed by atoms with E-state index in [1.165, 1.54) is 16.8 Å². The fourth-order valence-corrected chi connectivity index (χ4v) is 4.06. The van der Waals surface area contributed by atoms with Gasteiger partial charge in [0.15, 0.2) is 0 Å². The molecule has 4 nitrogen and oxygen atoms in total. The smallest absolute Gasteiger partial charge is 0.225 e. The molecule has 1 aliphatic heterocycles. The maximum absolute atomic E-state index is 12.2. The first kappa shape index (κ1) is 14.5. The van der Waals surface area contributed by atoms with Gasteiger partial charge in [0.2, 0.25) is 15.3 Å². The van der Waals surface area contributed by atoms with E-state index < -0.39 is 21.2 Å². The van der Waals surface area contributed by atoms with Crippen molar-refractivity contribution >= 4 is 26.9 Å². The molecule has 0 saturated carbocycles. The summed E-state index contributed by atoms with van der Waals surface area (Å²) in [5.74, 6) is -0.902. The summed E-state index contributed by atoms with van der Waals surface area (Å²) in [6.07, 6.45) is 0.707. The zero-order chi connectivity index (χ0) is 14.0. The average Bonchev–Trinajstić information content (AvgIpc) is 2.37. The number of rotatable bonds is 4. The monoisotopic (exact) mass is 301 g/mol. The molecular formula is C13H16ClNO3S. The molecule has 104 valence electrons. The van der Waals surface area contributed by atoms with E-state index in [4.69, 9.17) is 11.6 Å². The Bertz CT molecular complexity index is 585. The molecule has 1 unspecified atom stereocenters. The maximum atomic E-state index is 12.2. The molecule has 2 rings (SSSR count). The van der Waals surface area contributed by atoms with E-state index in [9.17, 15) is 13.2 Å². The molecule has 1 atom stereocenters. The average molecular weight is 302 g/mol. The van der Waals surface area contributed by atoms with Crippen LogP contribution in [0, 0.1) is 5.92 Å². The van der Waals surface area contributed by atoms with Gasteiger partial charge in [0, 0.05) is 19.0 Å². The van der Waals surface area contributed by atoms with Crippen LogP contribution in [0.1, 0.15) is 18.1 Å². The van der Waals surface area contributed by atoms with Gasteiger partial charge >= 0.3 is 0 Å². The molecule has 0 bridgehead atoms. The maximum Gasteiger partial charge on any atom is 0.225 e. The molecule has 0 N–H and O–H groups in total. The minimum atomic E-state index is -3.44. The fourth-order valence-electron chi connectivity index (χ4n) is 2.19. The van der Waals surface area contributed by atoms with Gasteiger partial charge in [-0.3, -0.25) is 4.79 Å². The van der Waals surface area contributed by atoms with Crippen LogP contribution in [0.15, 0.2) is 24.3 Å². The lowest BCUT2D eigenvalue weighted by atomic mass is 10.0. The van der Waals surface area contributed by atoms with Crippen LogP contribution < -0.4 is 0 Å². The Morgan fingerprint density at radius 1 is 1.37 bits per heavy atom. The molecule has 19 heavy (non-hydrogen) atoms. The van der Waals surface area contributed by atoms with Crippen molar-refractivity contribution in [3.8, 4) is 0 Å². The summed E-state index contributed by atoms with van der Waals surface area (Å²) in [7, 11) is -3.44. The van der Waals surface area contributed by atoms with E-state index >= 15 is 0 Å². The van der Waals surface area contributed by atoms with Gasteiger partial charge in [0.1, 0.15) is 0 Å². The number of hydrogen-bond donors (Lipinski definition) is 0. The molecule has 0 amide bonds. The fraction of sp³-hybridized carbons (Fsp3) is 0.462. The van der Waals surface area contributed by atoms with E-state index in [0.29, 0.717) is 19.5 Å². The van der Waals surface area contributed by atoms with Gasteiger partial charge in [-0.15, -0.1) is 0 Å². The third kappa shape index (κ3) is 3.35. The Balaban J connectivity index is 2.14. The zero-order valence-electron chi connectivity index (χ0n) is 10.7. The van der Waals surface area contributed by atoms with E-state index in [2.05, 4.69) is 0 Å². The van der Waals surface area contributed by atoms with Crippen LogP contribution in [-0.2, 0) is 27.8 Å². The minimum Gasteiger partial charge on any atom is -0.281 e. The highest BCUT2D eigenvalue weighted by molar-refractivity contribution is 7.89. The van der Waals surface area contributed by atoms with Crippen molar-refractivity contribution in [1.29, 1.82) is 0 Å². The number of halogens is 1. The highest BCUT2D eigenvalue weighted by Crippen LogP contribution is 2.22. The third-order valence-corrected chi connectivity index (χ3v) is 5.73. The van der Waals surface area contributed by atoms with Crippen molar-refractivity contribution in [3.63, 3.8) is 0 Å². The summed E-state index contributed by atoms with van der Waals surface area (Å²) < 4.78 is 25.9. The van der Waals surface area contributed by atoms with Gasteiger partial charge in [0.25, 0.3) is 0 Å². The highest BCUT2D eigenvalue weighted by Gasteiger charge is 2.29. The second-order valence-corrected chi connectivity index (χ2v) is 7.22. The van der Waals surface area contributed by atoms with Crippen molar-refractivity contribution in [2.45, 2.75) is 19.9 Å². The Kier molecular flexibility index (Phi) is 4.28. The lowest BCUT2D eigenvalue weighted by Crippen LogP contribution is -2.39. The van der Waals surface area contributed by atoms with E-state index in [1.807, 2.05) is 24.3 Å². The predicted octanol–water partition coefficient (Wildman–Crippen LogP) is 1.78. The van der Waals surface area contributed by atoms with Crippen molar-refractivity contribution < 1.29 is 13.2 Å². The number of benzene rings is 1. The SMILES string of the molecule is CC(CS(=O)(=O)N1CCc2ccccc2C1)C(=O)Cl. The lowest BCUT2D eigenvalue weighted by Gasteiger charge is -2.28. The molecular weight excluding hydrogens is 286 g/mol. The summed E-state index contributed by atoms with van der Waals surface area (Å²) in [5, 5.41) is -0.610. The van der Waals surface area contributed by atoms with Gasteiger partial charge in [-0.05, 0) is 29.1 Å². The van der Waals surface area contributed by atoms with Crippen LogP contribution >= 0.6 is 11.6 Å². The van der Waals surface area contributed by atoms with Crippen LogP contribution in [0.4, 0.5) is 0 Å². The van der Waals surface area contributed by atoms with Crippen LogP contribution in [0.3, 0.4) is 0 Å². The quantitative estimate of drug-likeness (QED) is 0.797. The topological polar surface area (TPSA) is 54.5 Å². The van der Waals surface area contributed by atoms with Gasteiger partial charge in [-0.25, -0.2) is 8.42 Å². The van der Waals surface area contributed by atoms with Crippen LogP contribution in [0.25, 0.3) is 0 Å². The lowest BCUT2D eigenvalue weighted by molar-refractivity contribution is -0.114. The van der Waals surface area contributed by atoms with E-state index in [0.717, 1.165) is 5.56 Å². The standard InChI is InChI=1S/C13H16ClNO3S/c1-10(13(14)16)9-19(17,18)15-7-6-11-4-2-3-5-12(11)8-15/h2-5,10H,6-9H2,1H3. The Morgan fingerprint density at radius 3 is 2.63 bits per heavy atom. The molecule has 0 radical (unpaired) electrons. The molecule has 0 fully saturated rings. The summed E-state index contributed by atoms with van der Waals surface area (Å²) in [4.78, 5) is 11.0. The normalized spacial score (nSPS) is 17.8. The number of nitrogens with zero attached hydrogens (tertiary/aromatic N) is 1. The van der Waals surface area contributed by atoms with Crippen LogP contribution in [-0.4, -0.2) is 30.3 Å². The molecule has 1 aliphatic rings. The molecule has 1 aromatic carbocycles. The summed E-state index contributed by atoms with van der Waals surface area (Å²) in [5.41, 5.74) is 2.22. The summed E-state index contributed by atoms with van der Waals surface area (Å²) in [6.45, 7) is 2.37. The summed E-state index contributed by atoms with van der Waals surface area (Å²) >= 11 is 5.33. The Hall–Kier alpha value is -0.910. The largest absolute Gasteiger partial charge is 0.281 e. The first-order valence-electron chi connectivity index (χ1n) is 6.14. The van der Waals surface area contributed by atoms with Crippen molar-refractivity contribution in [1.82, 2.24) is 4.31 Å². The number of hydrogen-bond acceptors (Lipinski definition) is 3. The molecule has 0 aromatic heterocycles. The van der Waals surface area contributed by atoms with Gasteiger partial charge in [-0.1, -0.05) is 31.2 Å². The van der Waals surface area contributed by atoms with E-state index in [1.54, 1.807) is 0 Å². The van der Waals surface area contributed by atoms with E-state index in [-0.39, 0.29) is 5.75 Å². The van der Waals surface area contributed by atoms with Gasteiger partial charge in [0.05, 0.1) is 5.75 Å².